The standard InChI is InChI=1S/C18H18ClFN2O4S/c1-12-2-4-14(11-15(12)18(23)22-6-8-26-9-7-22)27(24,25)21-13-3-5-17(20)16(19)10-13/h2-5,10-11,21H,6-9H2,1H3. The molecule has 0 aromatic heterocycles. The molecule has 3 rings (SSSR count). The summed E-state index contributed by atoms with van der Waals surface area (Å²) < 4.78 is 46.2. The Kier molecular flexibility index (Phi) is 5.69. The first-order chi connectivity index (χ1) is 12.8. The molecule has 1 heterocycles. The molecule has 27 heavy (non-hydrogen) atoms. The van der Waals surface area contributed by atoms with Gasteiger partial charge in [-0.25, -0.2) is 12.8 Å². The van der Waals surface area contributed by atoms with E-state index in [-0.39, 0.29) is 21.5 Å². The van der Waals surface area contributed by atoms with E-state index in [0.717, 1.165) is 6.07 Å². The minimum atomic E-state index is -3.97. The van der Waals surface area contributed by atoms with E-state index in [1.807, 2.05) is 0 Å². The fourth-order valence-corrected chi connectivity index (χ4v) is 3.97. The number of hydrogen-bond donors (Lipinski definition) is 1. The number of nitrogens with one attached hydrogen (secondary N) is 1. The van der Waals surface area contributed by atoms with Crippen LogP contribution in [0.25, 0.3) is 0 Å². The lowest BCUT2D eigenvalue weighted by Crippen LogP contribution is -2.41. The summed E-state index contributed by atoms with van der Waals surface area (Å²) in [6, 6.07) is 7.87. The first-order valence-electron chi connectivity index (χ1n) is 8.23. The van der Waals surface area contributed by atoms with Crippen molar-refractivity contribution in [1.29, 1.82) is 0 Å². The van der Waals surface area contributed by atoms with Crippen LogP contribution in [-0.4, -0.2) is 45.5 Å². The number of benzene rings is 2. The van der Waals surface area contributed by atoms with E-state index in [0.29, 0.717) is 37.4 Å². The van der Waals surface area contributed by atoms with Crippen molar-refractivity contribution >= 4 is 33.2 Å². The Balaban J connectivity index is 1.89. The van der Waals surface area contributed by atoms with Gasteiger partial charge in [-0.1, -0.05) is 17.7 Å². The number of sulfonamides is 1. The van der Waals surface area contributed by atoms with Crippen molar-refractivity contribution in [2.45, 2.75) is 11.8 Å². The van der Waals surface area contributed by atoms with Gasteiger partial charge in [-0.2, -0.15) is 0 Å². The monoisotopic (exact) mass is 412 g/mol. The molecule has 0 saturated carbocycles. The van der Waals surface area contributed by atoms with Crippen molar-refractivity contribution in [3.8, 4) is 0 Å². The minimum absolute atomic E-state index is 0.0647. The molecule has 1 aliphatic rings. The van der Waals surface area contributed by atoms with Crippen molar-refractivity contribution < 1.29 is 22.3 Å². The summed E-state index contributed by atoms with van der Waals surface area (Å²) in [4.78, 5) is 14.3. The summed E-state index contributed by atoms with van der Waals surface area (Å²) in [7, 11) is -3.97. The van der Waals surface area contributed by atoms with Gasteiger partial charge in [-0.15, -0.1) is 0 Å². The smallest absolute Gasteiger partial charge is 0.261 e. The van der Waals surface area contributed by atoms with Crippen LogP contribution in [0.4, 0.5) is 10.1 Å². The zero-order valence-electron chi connectivity index (χ0n) is 14.5. The number of morpholine rings is 1. The highest BCUT2D eigenvalue weighted by atomic mass is 35.5. The van der Waals surface area contributed by atoms with Crippen LogP contribution in [0, 0.1) is 12.7 Å². The van der Waals surface area contributed by atoms with E-state index in [9.17, 15) is 17.6 Å². The number of hydrogen-bond acceptors (Lipinski definition) is 4. The molecule has 0 unspecified atom stereocenters. The molecular formula is C18H18ClFN2O4S. The number of nitrogens with zero attached hydrogens (tertiary/aromatic N) is 1. The third kappa shape index (κ3) is 4.40. The summed E-state index contributed by atoms with van der Waals surface area (Å²) >= 11 is 5.69. The Morgan fingerprint density at radius 2 is 1.89 bits per heavy atom. The average molecular weight is 413 g/mol. The molecule has 9 heteroatoms. The molecule has 1 fully saturated rings. The van der Waals surface area contributed by atoms with E-state index < -0.39 is 15.8 Å². The number of carbonyl (C=O) groups is 1. The van der Waals surface area contributed by atoms with Gasteiger partial charge < -0.3 is 9.64 Å². The third-order valence-corrected chi connectivity index (χ3v) is 5.89. The van der Waals surface area contributed by atoms with Crippen LogP contribution in [0.2, 0.25) is 5.02 Å². The number of aryl methyl sites for hydroxylation is 1. The van der Waals surface area contributed by atoms with E-state index in [1.54, 1.807) is 17.9 Å². The Bertz CT molecular complexity index is 975. The van der Waals surface area contributed by atoms with Gasteiger partial charge >= 0.3 is 0 Å². The first kappa shape index (κ1) is 19.6. The highest BCUT2D eigenvalue weighted by Crippen LogP contribution is 2.24. The second-order valence-electron chi connectivity index (χ2n) is 6.12. The SMILES string of the molecule is Cc1ccc(S(=O)(=O)Nc2ccc(F)c(Cl)c2)cc1C(=O)N1CCOCC1. The Morgan fingerprint density at radius 1 is 1.19 bits per heavy atom. The van der Waals surface area contributed by atoms with Gasteiger partial charge in [0.1, 0.15) is 5.82 Å². The molecule has 1 saturated heterocycles. The summed E-state index contributed by atoms with van der Waals surface area (Å²) in [6.45, 7) is 3.58. The number of anilines is 1. The summed E-state index contributed by atoms with van der Waals surface area (Å²) in [5, 5.41) is -0.192. The maximum Gasteiger partial charge on any atom is 0.261 e. The molecule has 0 aliphatic carbocycles. The molecule has 0 spiro atoms. The molecule has 2 aromatic carbocycles. The van der Waals surface area contributed by atoms with Gasteiger partial charge in [0.2, 0.25) is 0 Å². The second-order valence-corrected chi connectivity index (χ2v) is 8.21. The Labute approximate surface area is 161 Å². The zero-order chi connectivity index (χ0) is 19.6. The van der Waals surface area contributed by atoms with Crippen molar-refractivity contribution in [1.82, 2.24) is 4.90 Å². The number of carbonyl (C=O) groups excluding carboxylic acids is 1. The topological polar surface area (TPSA) is 75.7 Å². The lowest BCUT2D eigenvalue weighted by Gasteiger charge is -2.27. The molecule has 0 atom stereocenters. The molecule has 6 nitrogen and oxygen atoms in total. The molecule has 1 N–H and O–H groups in total. The molecule has 1 amide bonds. The van der Waals surface area contributed by atoms with Crippen molar-refractivity contribution in [3.63, 3.8) is 0 Å². The van der Waals surface area contributed by atoms with E-state index >= 15 is 0 Å². The quantitative estimate of drug-likeness (QED) is 0.837. The number of rotatable bonds is 4. The maximum atomic E-state index is 13.3. The van der Waals surface area contributed by atoms with Crippen LogP contribution in [0.3, 0.4) is 0 Å². The highest BCUT2D eigenvalue weighted by Gasteiger charge is 2.23. The number of amides is 1. The fourth-order valence-electron chi connectivity index (χ4n) is 2.71. The normalized spacial score (nSPS) is 14.9. The van der Waals surface area contributed by atoms with E-state index in [2.05, 4.69) is 4.72 Å². The second kappa shape index (κ2) is 7.84. The zero-order valence-corrected chi connectivity index (χ0v) is 16.1. The van der Waals surface area contributed by atoms with Gasteiger partial charge in [-0.3, -0.25) is 9.52 Å². The largest absolute Gasteiger partial charge is 0.378 e. The lowest BCUT2D eigenvalue weighted by atomic mass is 10.1. The van der Waals surface area contributed by atoms with Gasteiger partial charge in [0, 0.05) is 18.7 Å². The minimum Gasteiger partial charge on any atom is -0.378 e. The third-order valence-electron chi connectivity index (χ3n) is 4.22. The molecule has 144 valence electrons. The van der Waals surface area contributed by atoms with Crippen LogP contribution in [0.5, 0.6) is 0 Å². The van der Waals surface area contributed by atoms with E-state index in [4.69, 9.17) is 16.3 Å². The van der Waals surface area contributed by atoms with Crippen LogP contribution < -0.4 is 4.72 Å². The lowest BCUT2D eigenvalue weighted by molar-refractivity contribution is 0.0302. The fraction of sp³-hybridized carbons (Fsp3) is 0.278. The van der Waals surface area contributed by atoms with Crippen LogP contribution in [-0.2, 0) is 14.8 Å². The van der Waals surface area contributed by atoms with Gasteiger partial charge in [0.25, 0.3) is 15.9 Å². The predicted molar refractivity (Wildman–Crippen MR) is 100 cm³/mol. The van der Waals surface area contributed by atoms with Crippen LogP contribution in [0.1, 0.15) is 15.9 Å². The van der Waals surface area contributed by atoms with Crippen molar-refractivity contribution in [3.05, 3.63) is 58.4 Å². The van der Waals surface area contributed by atoms with Crippen LogP contribution >= 0.6 is 11.6 Å². The molecule has 0 radical (unpaired) electrons. The van der Waals surface area contributed by atoms with Gasteiger partial charge in [0.05, 0.1) is 28.8 Å². The van der Waals surface area contributed by atoms with Gasteiger partial charge in [0.15, 0.2) is 0 Å². The summed E-state index contributed by atoms with van der Waals surface area (Å²) in [6.07, 6.45) is 0. The average Bonchev–Trinajstić information content (AvgIpc) is 2.65. The van der Waals surface area contributed by atoms with Crippen molar-refractivity contribution in [2.75, 3.05) is 31.0 Å². The number of halogens is 2. The van der Waals surface area contributed by atoms with Crippen molar-refractivity contribution in [2.24, 2.45) is 0 Å². The molecule has 2 aromatic rings. The Hall–Kier alpha value is -2.16. The number of ether oxygens (including phenoxy) is 1. The molecule has 0 bridgehead atoms. The van der Waals surface area contributed by atoms with E-state index in [1.165, 1.54) is 24.3 Å². The maximum absolute atomic E-state index is 13.3. The first-order valence-corrected chi connectivity index (χ1v) is 10.1. The predicted octanol–water partition coefficient (Wildman–Crippen LogP) is 3.06. The summed E-state index contributed by atoms with van der Waals surface area (Å²) in [5.74, 6) is -0.883. The highest BCUT2D eigenvalue weighted by molar-refractivity contribution is 7.92. The van der Waals surface area contributed by atoms with Gasteiger partial charge in [-0.05, 0) is 42.8 Å². The summed E-state index contributed by atoms with van der Waals surface area (Å²) in [5.41, 5.74) is 1.12. The van der Waals surface area contributed by atoms with Crippen LogP contribution in [0.15, 0.2) is 41.3 Å². The molecular weight excluding hydrogens is 395 g/mol. The molecule has 1 aliphatic heterocycles. The Morgan fingerprint density at radius 3 is 2.56 bits per heavy atom.